The lowest BCUT2D eigenvalue weighted by atomic mass is 9.57. The Kier molecular flexibility index (Phi) is 2.50. The van der Waals surface area contributed by atoms with Gasteiger partial charge >= 0.3 is 0 Å². The highest BCUT2D eigenvalue weighted by atomic mass is 16.5. The number of aliphatic hydroxyl groups is 1. The molecule has 0 bridgehead atoms. The molecule has 1 heterocycles. The summed E-state index contributed by atoms with van der Waals surface area (Å²) in [6, 6.07) is 0. The maximum absolute atomic E-state index is 10.8. The van der Waals surface area contributed by atoms with Crippen molar-refractivity contribution in [2.75, 3.05) is 0 Å². The van der Waals surface area contributed by atoms with Crippen molar-refractivity contribution in [3.8, 4) is 0 Å². The minimum absolute atomic E-state index is 0.0719. The van der Waals surface area contributed by atoms with E-state index in [-0.39, 0.29) is 16.6 Å². The van der Waals surface area contributed by atoms with E-state index in [0.717, 1.165) is 32.1 Å². The lowest BCUT2D eigenvalue weighted by Crippen LogP contribution is -2.63. The van der Waals surface area contributed by atoms with Crippen LogP contribution in [0.2, 0.25) is 0 Å². The molecular weight excluding hydrogens is 200 g/mol. The molecule has 0 radical (unpaired) electrons. The third-order valence-corrected chi connectivity index (χ3v) is 4.96. The van der Waals surface area contributed by atoms with Gasteiger partial charge in [-0.15, -0.1) is 0 Å². The average Bonchev–Trinajstić information content (AvgIpc) is 2.41. The number of hydrogen-bond donors (Lipinski definition) is 1. The van der Waals surface area contributed by atoms with Gasteiger partial charge in [-0.1, -0.05) is 13.8 Å². The van der Waals surface area contributed by atoms with E-state index in [1.165, 1.54) is 0 Å². The Morgan fingerprint density at radius 2 is 1.50 bits per heavy atom. The van der Waals surface area contributed by atoms with E-state index in [2.05, 4.69) is 27.7 Å². The molecule has 0 aromatic heterocycles. The Hall–Kier alpha value is -0.0800. The van der Waals surface area contributed by atoms with Crippen LogP contribution in [0.25, 0.3) is 0 Å². The molecule has 2 unspecified atom stereocenters. The molecule has 0 amide bonds. The zero-order valence-electron chi connectivity index (χ0n) is 11.4. The van der Waals surface area contributed by atoms with E-state index >= 15 is 0 Å². The van der Waals surface area contributed by atoms with Gasteiger partial charge in [0, 0.05) is 0 Å². The number of rotatable bonds is 0. The maximum atomic E-state index is 10.8. The second-order valence-corrected chi connectivity index (χ2v) is 7.20. The van der Waals surface area contributed by atoms with E-state index < -0.39 is 5.60 Å². The van der Waals surface area contributed by atoms with Gasteiger partial charge in [-0.2, -0.15) is 0 Å². The van der Waals surface area contributed by atoms with Crippen LogP contribution in [-0.4, -0.2) is 21.9 Å². The molecule has 1 aliphatic heterocycles. The van der Waals surface area contributed by atoms with Gasteiger partial charge in [-0.3, -0.25) is 0 Å². The molecule has 0 aromatic carbocycles. The summed E-state index contributed by atoms with van der Waals surface area (Å²) in [5.74, 6) is 0. The van der Waals surface area contributed by atoms with Crippen LogP contribution in [0.15, 0.2) is 0 Å². The van der Waals surface area contributed by atoms with Gasteiger partial charge in [-0.05, 0) is 58.3 Å². The van der Waals surface area contributed by atoms with Crippen LogP contribution in [0.1, 0.15) is 66.7 Å². The molecule has 2 rings (SSSR count). The van der Waals surface area contributed by atoms with Gasteiger partial charge in [0.25, 0.3) is 0 Å². The van der Waals surface area contributed by atoms with Gasteiger partial charge in [0.1, 0.15) is 5.60 Å². The molecular formula is C14H26O2. The van der Waals surface area contributed by atoms with Gasteiger partial charge in [0.2, 0.25) is 0 Å². The number of hydrogen-bond acceptors (Lipinski definition) is 2. The lowest BCUT2D eigenvalue weighted by Gasteiger charge is -2.56. The highest BCUT2D eigenvalue weighted by Crippen LogP contribution is 2.59. The van der Waals surface area contributed by atoms with Crippen LogP contribution >= 0.6 is 0 Å². The van der Waals surface area contributed by atoms with Gasteiger partial charge in [-0.25, -0.2) is 0 Å². The molecule has 2 aliphatic rings. The molecule has 16 heavy (non-hydrogen) atoms. The van der Waals surface area contributed by atoms with Crippen LogP contribution in [0.4, 0.5) is 0 Å². The van der Waals surface area contributed by atoms with Gasteiger partial charge in [0.15, 0.2) is 0 Å². The van der Waals surface area contributed by atoms with Crippen molar-refractivity contribution in [3.05, 3.63) is 0 Å². The van der Waals surface area contributed by atoms with Crippen molar-refractivity contribution in [1.29, 1.82) is 0 Å². The predicted octanol–water partition coefficient (Wildman–Crippen LogP) is 3.28. The van der Waals surface area contributed by atoms with Crippen molar-refractivity contribution in [3.63, 3.8) is 0 Å². The van der Waals surface area contributed by atoms with Crippen molar-refractivity contribution in [2.45, 2.75) is 83.5 Å². The van der Waals surface area contributed by atoms with Crippen molar-refractivity contribution in [2.24, 2.45) is 5.41 Å². The standard InChI is InChI=1S/C14H26O2/c1-11(2)7-6-8-13(5,15)14(11)10-9-12(3,4)16-14/h15H,6-10H2,1-5H3. The Morgan fingerprint density at radius 3 is 1.94 bits per heavy atom. The normalized spacial score (nSPS) is 46.1. The van der Waals surface area contributed by atoms with E-state index in [1.54, 1.807) is 0 Å². The second kappa shape index (κ2) is 3.23. The van der Waals surface area contributed by atoms with E-state index in [1.807, 2.05) is 6.92 Å². The number of ether oxygens (including phenoxy) is 1. The summed E-state index contributed by atoms with van der Waals surface area (Å²) in [5, 5.41) is 10.8. The molecule has 2 atom stereocenters. The van der Waals surface area contributed by atoms with Crippen LogP contribution in [0.3, 0.4) is 0 Å². The Morgan fingerprint density at radius 1 is 0.875 bits per heavy atom. The van der Waals surface area contributed by atoms with Crippen molar-refractivity contribution in [1.82, 2.24) is 0 Å². The molecule has 1 spiro atoms. The van der Waals surface area contributed by atoms with Gasteiger partial charge < -0.3 is 9.84 Å². The van der Waals surface area contributed by atoms with Crippen molar-refractivity contribution >= 4 is 0 Å². The highest BCUT2D eigenvalue weighted by molar-refractivity contribution is 5.14. The molecule has 2 nitrogen and oxygen atoms in total. The van der Waals surface area contributed by atoms with E-state index in [9.17, 15) is 5.11 Å². The summed E-state index contributed by atoms with van der Waals surface area (Å²) in [7, 11) is 0. The van der Waals surface area contributed by atoms with Crippen LogP contribution < -0.4 is 0 Å². The fourth-order valence-electron chi connectivity index (χ4n) is 3.91. The summed E-state index contributed by atoms with van der Waals surface area (Å²) < 4.78 is 6.36. The summed E-state index contributed by atoms with van der Waals surface area (Å²) in [6.45, 7) is 10.8. The minimum Gasteiger partial charge on any atom is -0.387 e. The Labute approximate surface area is 99.4 Å². The fraction of sp³-hybridized carbons (Fsp3) is 1.00. The predicted molar refractivity (Wildman–Crippen MR) is 65.4 cm³/mol. The Balaban J connectivity index is 2.41. The first kappa shape index (κ1) is 12.4. The largest absolute Gasteiger partial charge is 0.387 e. The molecule has 1 aliphatic carbocycles. The molecule has 94 valence electrons. The maximum Gasteiger partial charge on any atom is 0.102 e. The zero-order valence-corrected chi connectivity index (χ0v) is 11.4. The molecule has 1 saturated carbocycles. The first-order valence-electron chi connectivity index (χ1n) is 6.55. The molecule has 2 fully saturated rings. The molecule has 1 N–H and O–H groups in total. The zero-order chi connectivity index (χ0) is 12.2. The first-order valence-corrected chi connectivity index (χ1v) is 6.55. The van der Waals surface area contributed by atoms with E-state index in [4.69, 9.17) is 4.74 Å². The highest BCUT2D eigenvalue weighted by Gasteiger charge is 2.63. The lowest BCUT2D eigenvalue weighted by molar-refractivity contribution is -0.255. The second-order valence-electron chi connectivity index (χ2n) is 7.20. The third kappa shape index (κ3) is 1.53. The van der Waals surface area contributed by atoms with E-state index in [0.29, 0.717) is 0 Å². The SMILES string of the molecule is CC1(C)CCC2(O1)C(C)(C)CCCC2(C)O. The van der Waals surface area contributed by atoms with Gasteiger partial charge in [0.05, 0.1) is 11.2 Å². The summed E-state index contributed by atoms with van der Waals surface area (Å²) in [5.41, 5.74) is -1.04. The average molecular weight is 226 g/mol. The summed E-state index contributed by atoms with van der Waals surface area (Å²) in [4.78, 5) is 0. The quantitative estimate of drug-likeness (QED) is 0.687. The molecule has 0 aromatic rings. The van der Waals surface area contributed by atoms with Crippen LogP contribution in [0.5, 0.6) is 0 Å². The smallest absolute Gasteiger partial charge is 0.102 e. The monoisotopic (exact) mass is 226 g/mol. The minimum atomic E-state index is -0.678. The fourth-order valence-corrected chi connectivity index (χ4v) is 3.91. The topological polar surface area (TPSA) is 29.5 Å². The Bertz CT molecular complexity index is 273. The summed E-state index contributed by atoms with van der Waals surface area (Å²) in [6.07, 6.45) is 5.16. The molecule has 1 saturated heterocycles. The first-order chi connectivity index (χ1) is 7.12. The third-order valence-electron chi connectivity index (χ3n) is 4.96. The van der Waals surface area contributed by atoms with Crippen molar-refractivity contribution < 1.29 is 9.84 Å². The molecule has 2 heteroatoms. The van der Waals surface area contributed by atoms with Crippen LogP contribution in [0, 0.1) is 5.41 Å². The summed E-state index contributed by atoms with van der Waals surface area (Å²) >= 11 is 0. The van der Waals surface area contributed by atoms with Crippen LogP contribution in [-0.2, 0) is 4.74 Å².